The zero-order valence-corrected chi connectivity index (χ0v) is 95.0. The Morgan fingerprint density at radius 1 is 0.360 bits per heavy atom. The summed E-state index contributed by atoms with van der Waals surface area (Å²) in [7, 11) is 7.60. The van der Waals surface area contributed by atoms with Crippen LogP contribution < -0.4 is 61.6 Å². The van der Waals surface area contributed by atoms with Crippen LogP contribution >= 0.6 is 116 Å². The van der Waals surface area contributed by atoms with E-state index < -0.39 is 17.5 Å². The quantitative estimate of drug-likeness (QED) is 0.0455. The van der Waals surface area contributed by atoms with Gasteiger partial charge in [0.1, 0.15) is 44.5 Å². The number of ether oxygens (including phenoxy) is 7. The molecule has 5 aromatic heterocycles. The molecular weight excluding hydrogens is 2350 g/mol. The third kappa shape index (κ3) is 28.9. The second kappa shape index (κ2) is 52.4. The number of tetrazole rings is 5. The maximum atomic E-state index is 13.8. The van der Waals surface area contributed by atoms with Crippen LogP contribution in [-0.4, -0.2) is 118 Å². The van der Waals surface area contributed by atoms with Crippen molar-refractivity contribution < 1.29 is 205 Å². The predicted octanol–water partition coefficient (Wildman–Crippen LogP) is 16.7. The van der Waals surface area contributed by atoms with Crippen molar-refractivity contribution in [3.8, 4) is 68.7 Å². The summed E-state index contributed by atoms with van der Waals surface area (Å²) in [4.78, 5) is 61.3. The number of hydrogen-bond acceptors (Lipinski definition) is 22. The van der Waals surface area contributed by atoms with E-state index in [1.165, 1.54) is 68.8 Å². The molecule has 0 spiro atoms. The summed E-state index contributed by atoms with van der Waals surface area (Å²) in [5.74, 6) is -0.109. The molecule has 136 heavy (non-hydrogen) atoms. The Labute approximate surface area is 951 Å². The normalized spacial score (nSPS) is 12.4. The maximum absolute atomic E-state index is 13.8. The van der Waals surface area contributed by atoms with Crippen LogP contribution in [0.1, 0.15) is 96.4 Å². The standard InChI is InChI=1S/C18H13Cl2F2N4O2.C18H17Cl2N4O3.C18H15Cl2N4O2.C17H15Cl2N4O3.C16H13Cl2N4O2.5Y/c1-25-17(27)26(24-23-25)15-4-2-3-11(13-8-18(13,21)22)12(15)9-28-16-7-10(19)5-6-14(16)20;1-11(2)27-16-6-4-5-15(24-18(25)23(3)21-22-24)13(16)10-26-17-9-12(19)7-8-14(17)20;1-23-18(25)24(22-21-23)16-4-2-3-13(11-5-6-11)14(16)10-26-17-9-12(19)7-8-15(17)20;1-3-25-15-6-4-5-14(23-17(24)22(2)20-21-23)12(15)10-26-16-9-11(18)7-8-13(16)19;1-10-4-3-5-14(22-16(23)21(2)19-20-22)12(10)9-24-15-8-11(17)6-7-13(15)18;;;;;/h2-4,6-7,13H,8-9H2,1H3;4-6,8-9,11H,10H2,1-3H3;2-4,8-9,11H,5-6,10H2,1H3;4-6,8-9H,3,10H2,1-2H3;3-5,7-8H,9H2,1-2H3;;;;;/q5*-1;;;;;. The predicted molar refractivity (Wildman–Crippen MR) is 487 cm³/mol. The molecule has 2 fully saturated rings. The smallest absolute Gasteiger partial charge is 0.368 e. The topological polar surface area (TPSA) is 328 Å². The molecule has 2 aliphatic rings. The van der Waals surface area contributed by atoms with Crippen LogP contribution in [0.25, 0.3) is 28.4 Å². The average molecular weight is 2430 g/mol. The molecule has 0 aliphatic heterocycles. The minimum absolute atomic E-state index is 0. The summed E-state index contributed by atoms with van der Waals surface area (Å²) in [6.45, 7) is 8.59. The number of aryl methyl sites for hydroxylation is 6. The second-order valence-electron chi connectivity index (χ2n) is 29.1. The van der Waals surface area contributed by atoms with E-state index in [0.717, 1.165) is 58.5 Å². The molecular formula is C87H73Cl10F2N20O12Y5-5. The molecule has 0 saturated heterocycles. The summed E-state index contributed by atoms with van der Waals surface area (Å²) in [5.41, 5.74) is 6.60. The summed E-state index contributed by atoms with van der Waals surface area (Å²) < 4.78 is 79.9. The van der Waals surface area contributed by atoms with E-state index in [2.05, 4.69) is 88.5 Å². The van der Waals surface area contributed by atoms with Gasteiger partial charge in [-0.25, -0.2) is 32.8 Å². The Bertz CT molecular complexity index is 7020. The largest absolute Gasteiger partial charge is 0.513 e. The van der Waals surface area contributed by atoms with Crippen LogP contribution in [0, 0.1) is 37.3 Å². The Balaban J connectivity index is 0.000000207. The van der Waals surface area contributed by atoms with Gasteiger partial charge in [-0.15, -0.1) is 88.3 Å². The molecule has 17 rings (SSSR count). The number of rotatable bonds is 26. The molecule has 2 aliphatic carbocycles. The Morgan fingerprint density at radius 3 is 0.904 bits per heavy atom. The van der Waals surface area contributed by atoms with Gasteiger partial charge in [0.15, 0.2) is 0 Å². The van der Waals surface area contributed by atoms with E-state index >= 15 is 0 Å². The molecule has 1 atom stereocenters. The van der Waals surface area contributed by atoms with Crippen molar-refractivity contribution in [3.05, 3.63) is 329 Å². The van der Waals surface area contributed by atoms with Crippen molar-refractivity contribution in [3.63, 3.8) is 0 Å². The van der Waals surface area contributed by atoms with Gasteiger partial charge in [0.25, 0.3) is 5.92 Å². The molecule has 2 saturated carbocycles. The van der Waals surface area contributed by atoms with Crippen molar-refractivity contribution in [2.45, 2.75) is 104 Å². The molecule has 1 unspecified atom stereocenters. The van der Waals surface area contributed by atoms with Gasteiger partial charge < -0.3 is 33.2 Å². The van der Waals surface area contributed by atoms with Gasteiger partial charge in [0, 0.05) is 251 Å². The van der Waals surface area contributed by atoms with Gasteiger partial charge in [-0.3, -0.25) is 0 Å². The third-order valence-electron chi connectivity index (χ3n) is 19.6. The third-order valence-corrected chi connectivity index (χ3v) is 22.2. The van der Waals surface area contributed by atoms with Crippen LogP contribution in [0.5, 0.6) is 40.2 Å². The van der Waals surface area contributed by atoms with Crippen molar-refractivity contribution in [1.29, 1.82) is 0 Å². The van der Waals surface area contributed by atoms with Gasteiger partial charge in [-0.1, -0.05) is 73.6 Å². The van der Waals surface area contributed by atoms with Gasteiger partial charge in [0.05, 0.1) is 58.2 Å². The summed E-state index contributed by atoms with van der Waals surface area (Å²) in [6.07, 6.45) is 1.92. The van der Waals surface area contributed by atoms with Gasteiger partial charge in [0.2, 0.25) is 0 Å². The number of halogens is 12. The number of aromatic nitrogens is 20. The van der Waals surface area contributed by atoms with Crippen LogP contribution in [-0.2, 0) is 232 Å². The zero-order chi connectivity index (χ0) is 93.8. The SMILES string of the molecule is CC(C)Oc1cccc(-n2nnn(C)c2=O)c1COc1cc(Cl)[c-]cc1Cl.CCOc1cccc(-n2nnn(C)c2=O)c1COc1cc(Cl)[c-]cc1Cl.Cc1cccc(-n2nnn(C)c2=O)c1COc1cc(Cl)[c-]cc1Cl.Cn1nnn(-c2cccc(C3CC3(F)F)c2COc2cc(Cl)[c-]cc2Cl)c1=O.Cn1nnn(-c2cccc(C3CC3)c2COc2cc(Cl)[c-]cc2Cl)c1=O.[Y].[Y].[Y].[Y].[Y]. The van der Waals surface area contributed by atoms with E-state index in [9.17, 15) is 32.8 Å². The minimum Gasteiger partial charge on any atom is -0.513 e. The Morgan fingerprint density at radius 2 is 0.618 bits per heavy atom. The molecule has 49 heteroatoms. The summed E-state index contributed by atoms with van der Waals surface area (Å²) >= 11 is 60.3. The van der Waals surface area contributed by atoms with Crippen molar-refractivity contribution in [1.82, 2.24) is 99.0 Å². The van der Waals surface area contributed by atoms with Gasteiger partial charge in [-0.2, -0.15) is 165 Å². The van der Waals surface area contributed by atoms with Crippen LogP contribution in [0.3, 0.4) is 0 Å². The number of hydrogen-bond donors (Lipinski definition) is 0. The monoisotopic (exact) mass is 2420 g/mol. The molecule has 0 N–H and O–H groups in total. The van der Waals surface area contributed by atoms with Crippen molar-refractivity contribution in [2.75, 3.05) is 6.61 Å². The van der Waals surface area contributed by atoms with E-state index in [4.69, 9.17) is 149 Å². The fourth-order valence-corrected chi connectivity index (χ4v) is 14.4. The molecule has 0 amide bonds. The summed E-state index contributed by atoms with van der Waals surface area (Å²) in [6, 6.07) is 56.2. The first-order valence-corrected chi connectivity index (χ1v) is 43.1. The molecule has 32 nitrogen and oxygen atoms in total. The average Bonchev–Trinajstić information content (AvgIpc) is 1.59. The Kier molecular flexibility index (Phi) is 44.2. The van der Waals surface area contributed by atoms with Crippen LogP contribution in [0.4, 0.5) is 8.78 Å². The van der Waals surface area contributed by atoms with Crippen LogP contribution in [0.2, 0.25) is 50.2 Å². The number of benzene rings is 10. The van der Waals surface area contributed by atoms with E-state index in [-0.39, 0.29) is 243 Å². The van der Waals surface area contributed by atoms with Crippen molar-refractivity contribution >= 4 is 116 Å². The zero-order valence-electron chi connectivity index (χ0n) is 73.3. The molecule has 10 aromatic carbocycles. The number of nitrogens with zero attached hydrogens (tertiary/aromatic N) is 20. The molecule has 15 aromatic rings. The van der Waals surface area contributed by atoms with E-state index in [0.29, 0.717) is 143 Å². The second-order valence-corrected chi connectivity index (χ2v) is 33.1. The molecule has 0 bridgehead atoms. The molecule has 5 heterocycles. The van der Waals surface area contributed by atoms with Crippen molar-refractivity contribution in [2.24, 2.45) is 35.2 Å². The van der Waals surface area contributed by atoms with Crippen LogP contribution in [0.15, 0.2) is 176 Å². The fourth-order valence-electron chi connectivity index (χ4n) is 12.8. The molecule has 697 valence electrons. The summed E-state index contributed by atoms with van der Waals surface area (Å²) in [5, 5.41) is 41.9. The van der Waals surface area contributed by atoms with E-state index in [1.54, 1.807) is 111 Å². The number of alkyl halides is 2. The first-order chi connectivity index (χ1) is 62.7. The van der Waals surface area contributed by atoms with Gasteiger partial charge >= 0.3 is 28.4 Å². The Hall–Kier alpha value is -6.57. The molecule has 5 radical (unpaired) electrons. The first kappa shape index (κ1) is 115. The minimum atomic E-state index is -2.79. The maximum Gasteiger partial charge on any atom is 0.368 e. The van der Waals surface area contributed by atoms with Gasteiger partial charge in [-0.05, 0) is 183 Å². The first-order valence-electron chi connectivity index (χ1n) is 39.3. The van der Waals surface area contributed by atoms with E-state index in [1.807, 2.05) is 52.0 Å². The fraction of sp³-hybridized carbons (Fsp3) is 0.253.